The molecule has 0 aromatic heterocycles. The van der Waals surface area contributed by atoms with Gasteiger partial charge in [0.1, 0.15) is 0 Å². The van der Waals surface area contributed by atoms with Gasteiger partial charge in [-0.25, -0.2) is 0 Å². The molecule has 0 aromatic carbocycles. The first kappa shape index (κ1) is 42.7. The van der Waals surface area contributed by atoms with Gasteiger partial charge in [0.2, 0.25) is 0 Å². The Balaban J connectivity index is -0.000000538. The van der Waals surface area contributed by atoms with E-state index in [-0.39, 0.29) is 26.1 Å². The van der Waals surface area contributed by atoms with Crippen molar-refractivity contribution in [1.29, 1.82) is 0 Å². The molecule has 2 nitrogen and oxygen atoms in total. The average Bonchev–Trinajstić information content (AvgIpc) is 3.46. The fourth-order valence-corrected chi connectivity index (χ4v) is 5.13. The van der Waals surface area contributed by atoms with Gasteiger partial charge < -0.3 is 24.3 Å². The number of hydrogen-bond acceptors (Lipinski definition) is 2. The molecule has 0 heterocycles. The van der Waals surface area contributed by atoms with Gasteiger partial charge in [-0.15, -0.1) is 0 Å². The Kier molecular flexibility index (Phi) is 31.6. The van der Waals surface area contributed by atoms with Gasteiger partial charge in [0.15, 0.2) is 0 Å². The molecule has 0 spiro atoms. The quantitative estimate of drug-likeness (QED) is 0.112. The van der Waals surface area contributed by atoms with Crippen molar-refractivity contribution < 1.29 is 26.5 Å². The first-order valence-corrected chi connectivity index (χ1v) is 19.1. The van der Waals surface area contributed by atoms with Crippen molar-refractivity contribution in [2.75, 3.05) is 13.2 Å². The van der Waals surface area contributed by atoms with Crippen molar-refractivity contribution in [2.45, 2.75) is 168 Å². The van der Waals surface area contributed by atoms with Crippen LogP contribution < -0.4 is 0 Å². The maximum atomic E-state index is 5.71. The summed E-state index contributed by atoms with van der Waals surface area (Å²) in [6.45, 7) is 14.7. The minimum atomic E-state index is -0.556. The van der Waals surface area contributed by atoms with Crippen LogP contribution in [0.3, 0.4) is 0 Å². The van der Waals surface area contributed by atoms with E-state index in [1.54, 1.807) is 0 Å². The van der Waals surface area contributed by atoms with Crippen LogP contribution in [0.25, 0.3) is 0 Å². The number of hydrogen-bond donors (Lipinski definition) is 0. The second-order valence-corrected chi connectivity index (χ2v) is 15.3. The number of unbranched alkanes of at least 4 members (excludes halogenated alkanes) is 6. The van der Waals surface area contributed by atoms with E-state index in [9.17, 15) is 0 Å². The molecular weight excluding hydrogens is 535 g/mol. The van der Waals surface area contributed by atoms with Crippen LogP contribution >= 0.6 is 18.6 Å². The third-order valence-corrected chi connectivity index (χ3v) is 7.03. The number of rotatable bonds is 14. The van der Waals surface area contributed by atoms with E-state index >= 15 is 0 Å². The number of halogens is 2. The molecular formula is C32H66Cl2O2Ti-2. The van der Waals surface area contributed by atoms with Crippen LogP contribution in [0.1, 0.15) is 157 Å². The Morgan fingerprint density at radius 2 is 0.811 bits per heavy atom. The van der Waals surface area contributed by atoms with Crippen molar-refractivity contribution in [3.05, 3.63) is 14.9 Å². The van der Waals surface area contributed by atoms with Gasteiger partial charge in [0, 0.05) is 13.2 Å². The molecule has 0 unspecified atom stereocenters. The van der Waals surface area contributed by atoms with Gasteiger partial charge in [0.05, 0.1) is 11.2 Å². The molecule has 0 aromatic rings. The van der Waals surface area contributed by atoms with Crippen LogP contribution in [0.5, 0.6) is 0 Å². The molecule has 2 aliphatic carbocycles. The van der Waals surface area contributed by atoms with E-state index < -0.39 is 17.0 Å². The third kappa shape index (κ3) is 33.3. The number of ether oxygens (including phenoxy) is 2. The first-order chi connectivity index (χ1) is 16.6. The average molecular weight is 602 g/mol. The van der Waals surface area contributed by atoms with Crippen LogP contribution in [0.2, 0.25) is 0 Å². The predicted molar refractivity (Wildman–Crippen MR) is 166 cm³/mol. The zero-order valence-corrected chi connectivity index (χ0v) is 29.4. The Bertz CT molecular complexity index is 397. The van der Waals surface area contributed by atoms with Gasteiger partial charge in [0.25, 0.3) is 0 Å². The SMILES string of the molecule is CC(C)(C)OCCCCCCC1CCCC1.CC(C)(C)OCCCCCCC1CCCC1.[CH3-].[CH3-].[Cl][Ti][Cl]. The van der Waals surface area contributed by atoms with E-state index in [1.807, 2.05) is 0 Å². The molecule has 0 aliphatic heterocycles. The van der Waals surface area contributed by atoms with Crippen LogP contribution in [0.15, 0.2) is 0 Å². The van der Waals surface area contributed by atoms with E-state index in [1.165, 1.54) is 116 Å². The summed E-state index contributed by atoms with van der Waals surface area (Å²) in [5, 5.41) is 0. The summed E-state index contributed by atoms with van der Waals surface area (Å²) in [5.41, 5.74) is 0.0910. The van der Waals surface area contributed by atoms with Gasteiger partial charge in [-0.1, -0.05) is 103 Å². The monoisotopic (exact) mass is 600 g/mol. The second kappa shape index (κ2) is 27.4. The molecule has 0 radical (unpaired) electrons. The topological polar surface area (TPSA) is 18.5 Å². The summed E-state index contributed by atoms with van der Waals surface area (Å²) in [6.07, 6.45) is 25.8. The van der Waals surface area contributed by atoms with E-state index in [2.05, 4.69) is 41.5 Å². The van der Waals surface area contributed by atoms with Gasteiger partial charge in [-0.3, -0.25) is 0 Å². The standard InChI is InChI=1S/2C15H30O.2CH3.2ClH.Ti/c2*1-15(2,3)16-13-9-5-4-6-10-14-11-7-8-12-14;;;;;/h2*14H,4-13H2,1-3H3;2*1H3;2*1H;/q;;2*-1;;;+2/p-2. The van der Waals surface area contributed by atoms with Crippen molar-refractivity contribution in [3.8, 4) is 0 Å². The van der Waals surface area contributed by atoms with Crippen LogP contribution in [-0.2, 0) is 26.5 Å². The molecule has 2 fully saturated rings. The van der Waals surface area contributed by atoms with Gasteiger partial charge in [-0.2, -0.15) is 0 Å². The minimum absolute atomic E-state index is 0. The van der Waals surface area contributed by atoms with Gasteiger partial charge in [-0.05, 0) is 66.2 Å². The zero-order chi connectivity index (χ0) is 26.4. The van der Waals surface area contributed by atoms with Crippen molar-refractivity contribution >= 4 is 18.6 Å². The van der Waals surface area contributed by atoms with Crippen molar-refractivity contribution in [2.24, 2.45) is 11.8 Å². The van der Waals surface area contributed by atoms with E-state index in [0.717, 1.165) is 25.0 Å². The third-order valence-electron chi connectivity index (χ3n) is 7.03. The van der Waals surface area contributed by atoms with Crippen LogP contribution in [0, 0.1) is 26.7 Å². The molecule has 2 aliphatic rings. The summed E-state index contributed by atoms with van der Waals surface area (Å²) in [7, 11) is 9.78. The zero-order valence-electron chi connectivity index (χ0n) is 26.4. The molecule has 5 heteroatoms. The normalized spacial score (nSPS) is 16.1. The second-order valence-electron chi connectivity index (χ2n) is 12.7. The summed E-state index contributed by atoms with van der Waals surface area (Å²) in [5.74, 6) is 2.15. The Morgan fingerprint density at radius 1 is 0.541 bits per heavy atom. The molecule has 0 saturated heterocycles. The Morgan fingerprint density at radius 3 is 1.08 bits per heavy atom. The van der Waals surface area contributed by atoms with E-state index in [4.69, 9.17) is 28.1 Å². The Hall–Kier alpha value is 1.21. The molecule has 37 heavy (non-hydrogen) atoms. The van der Waals surface area contributed by atoms with Crippen molar-refractivity contribution in [3.63, 3.8) is 0 Å². The van der Waals surface area contributed by atoms with Crippen molar-refractivity contribution in [1.82, 2.24) is 0 Å². The van der Waals surface area contributed by atoms with E-state index in [0.29, 0.717) is 0 Å². The summed E-state index contributed by atoms with van der Waals surface area (Å²) >= 11 is -0.556. The van der Waals surface area contributed by atoms with Crippen LogP contribution in [0.4, 0.5) is 0 Å². The molecule has 0 atom stereocenters. The first-order valence-electron chi connectivity index (χ1n) is 14.8. The fraction of sp³-hybridized carbons (Fsp3) is 0.938. The van der Waals surface area contributed by atoms with Gasteiger partial charge >= 0.3 is 35.6 Å². The molecule has 2 rings (SSSR count). The molecule has 2 saturated carbocycles. The Labute approximate surface area is 252 Å². The van der Waals surface area contributed by atoms with Crippen LogP contribution in [-0.4, -0.2) is 24.4 Å². The summed E-state index contributed by atoms with van der Waals surface area (Å²) < 4.78 is 11.4. The molecule has 0 N–H and O–H groups in total. The fourth-order valence-electron chi connectivity index (χ4n) is 5.13. The summed E-state index contributed by atoms with van der Waals surface area (Å²) in [4.78, 5) is 0. The molecule has 226 valence electrons. The molecule has 0 amide bonds. The summed E-state index contributed by atoms with van der Waals surface area (Å²) in [6, 6.07) is 0. The maximum absolute atomic E-state index is 5.71. The predicted octanol–water partition coefficient (Wildman–Crippen LogP) is 12.2. The molecule has 0 bridgehead atoms.